The fraction of sp³-hybridized carbons (Fsp3) is 0.0833. The van der Waals surface area contributed by atoms with E-state index in [1.54, 1.807) is 55.6 Å². The molecule has 1 N–H and O–H groups in total. The number of nitrogens with zero attached hydrogens (tertiary/aromatic N) is 3. The molecule has 34 heavy (non-hydrogen) atoms. The molecule has 0 aliphatic heterocycles. The van der Waals surface area contributed by atoms with Gasteiger partial charge in [-0.2, -0.15) is 5.10 Å². The summed E-state index contributed by atoms with van der Waals surface area (Å²) in [5.74, 6) is 0.286. The second kappa shape index (κ2) is 10.9. The van der Waals surface area contributed by atoms with Crippen LogP contribution in [-0.4, -0.2) is 34.5 Å². The van der Waals surface area contributed by atoms with Crippen molar-refractivity contribution >= 4 is 62.3 Å². The number of fused-ring (bicyclic) bond motifs is 1. The SMILES string of the molecule is COc1ccc(Br)cc1/C=N\NC(=O)CSc1nc2ccccc2c(=O)n1-c1ccc(Cl)cc1. The van der Waals surface area contributed by atoms with E-state index in [0.29, 0.717) is 38.1 Å². The third kappa shape index (κ3) is 5.49. The van der Waals surface area contributed by atoms with Crippen molar-refractivity contribution in [1.82, 2.24) is 15.0 Å². The van der Waals surface area contributed by atoms with Crippen LogP contribution in [0.1, 0.15) is 5.56 Å². The first-order valence-corrected chi connectivity index (χ1v) is 12.2. The van der Waals surface area contributed by atoms with Crippen LogP contribution >= 0.6 is 39.3 Å². The summed E-state index contributed by atoms with van der Waals surface area (Å²) in [4.78, 5) is 30.3. The number of para-hydroxylation sites is 1. The van der Waals surface area contributed by atoms with Crippen LogP contribution in [0.25, 0.3) is 16.6 Å². The summed E-state index contributed by atoms with van der Waals surface area (Å²) >= 11 is 10.6. The van der Waals surface area contributed by atoms with Crippen molar-refractivity contribution in [2.45, 2.75) is 5.16 Å². The standard InChI is InChI=1S/C24H18BrClN4O3S/c1-33-21-11-6-16(25)12-15(21)13-27-29-22(31)14-34-24-28-20-5-3-2-4-19(20)23(32)30(24)18-9-7-17(26)8-10-18/h2-13H,14H2,1H3,(H,29,31)/b27-13-. The Morgan fingerprint density at radius 1 is 1.21 bits per heavy atom. The molecule has 10 heteroatoms. The Kier molecular flexibility index (Phi) is 7.66. The third-order valence-corrected chi connectivity index (χ3v) is 6.43. The molecule has 0 saturated heterocycles. The van der Waals surface area contributed by atoms with Crippen molar-refractivity contribution in [3.63, 3.8) is 0 Å². The summed E-state index contributed by atoms with van der Waals surface area (Å²) < 4.78 is 7.63. The number of halogens is 2. The fourth-order valence-corrected chi connectivity index (χ4v) is 4.48. The summed E-state index contributed by atoms with van der Waals surface area (Å²) in [6.07, 6.45) is 1.50. The maximum Gasteiger partial charge on any atom is 0.266 e. The van der Waals surface area contributed by atoms with Gasteiger partial charge in [-0.25, -0.2) is 10.4 Å². The van der Waals surface area contributed by atoms with E-state index in [0.717, 1.165) is 16.2 Å². The molecule has 0 aliphatic carbocycles. The monoisotopic (exact) mass is 556 g/mol. The molecule has 0 saturated carbocycles. The molecule has 4 rings (SSSR count). The van der Waals surface area contributed by atoms with Gasteiger partial charge in [0.05, 0.1) is 35.7 Å². The Morgan fingerprint density at radius 2 is 1.97 bits per heavy atom. The minimum Gasteiger partial charge on any atom is -0.496 e. The number of methoxy groups -OCH3 is 1. The molecule has 0 unspecified atom stereocenters. The normalized spacial score (nSPS) is 11.1. The average molecular weight is 558 g/mol. The van der Waals surface area contributed by atoms with Crippen molar-refractivity contribution in [3.8, 4) is 11.4 Å². The smallest absolute Gasteiger partial charge is 0.266 e. The zero-order valence-electron chi connectivity index (χ0n) is 17.9. The van der Waals surface area contributed by atoms with Crippen LogP contribution in [0.4, 0.5) is 0 Å². The molecule has 0 aliphatic rings. The van der Waals surface area contributed by atoms with Crippen molar-refractivity contribution < 1.29 is 9.53 Å². The van der Waals surface area contributed by atoms with Crippen molar-refractivity contribution in [2.75, 3.05) is 12.9 Å². The van der Waals surface area contributed by atoms with Crippen LogP contribution in [0.3, 0.4) is 0 Å². The number of amides is 1. The maximum atomic E-state index is 13.2. The van der Waals surface area contributed by atoms with E-state index in [4.69, 9.17) is 16.3 Å². The molecule has 172 valence electrons. The molecule has 1 amide bonds. The van der Waals surface area contributed by atoms with E-state index in [-0.39, 0.29) is 17.2 Å². The van der Waals surface area contributed by atoms with Crippen LogP contribution in [0.15, 0.2) is 86.3 Å². The van der Waals surface area contributed by atoms with Gasteiger partial charge in [-0.05, 0) is 54.6 Å². The summed E-state index contributed by atoms with van der Waals surface area (Å²) in [6, 6.07) is 19.4. The average Bonchev–Trinajstić information content (AvgIpc) is 2.84. The Morgan fingerprint density at radius 3 is 2.74 bits per heavy atom. The summed E-state index contributed by atoms with van der Waals surface area (Å²) in [5.41, 5.74) is 4.14. The summed E-state index contributed by atoms with van der Waals surface area (Å²) in [7, 11) is 1.56. The number of ether oxygens (including phenoxy) is 1. The molecule has 0 radical (unpaired) electrons. The highest BCUT2D eigenvalue weighted by Gasteiger charge is 2.15. The number of rotatable bonds is 7. The lowest BCUT2D eigenvalue weighted by atomic mass is 10.2. The Labute approximate surface area is 212 Å². The van der Waals surface area contributed by atoms with E-state index in [2.05, 4.69) is 31.4 Å². The van der Waals surface area contributed by atoms with Gasteiger partial charge in [0.25, 0.3) is 11.5 Å². The zero-order chi connectivity index (χ0) is 24.1. The second-order valence-electron chi connectivity index (χ2n) is 7.00. The van der Waals surface area contributed by atoms with Crippen molar-refractivity contribution in [2.24, 2.45) is 5.10 Å². The van der Waals surface area contributed by atoms with E-state index >= 15 is 0 Å². The first-order valence-electron chi connectivity index (χ1n) is 10.0. The number of hydrogen-bond acceptors (Lipinski definition) is 6. The molecule has 7 nitrogen and oxygen atoms in total. The molecule has 0 atom stereocenters. The lowest BCUT2D eigenvalue weighted by Gasteiger charge is -2.13. The van der Waals surface area contributed by atoms with Gasteiger partial charge in [0.15, 0.2) is 5.16 Å². The fourth-order valence-electron chi connectivity index (χ4n) is 3.17. The minimum atomic E-state index is -0.347. The molecule has 1 aromatic heterocycles. The lowest BCUT2D eigenvalue weighted by molar-refractivity contribution is -0.118. The predicted molar refractivity (Wildman–Crippen MR) is 140 cm³/mol. The third-order valence-electron chi connectivity index (χ3n) is 4.75. The van der Waals surface area contributed by atoms with Crippen LogP contribution < -0.4 is 15.7 Å². The zero-order valence-corrected chi connectivity index (χ0v) is 21.0. The Balaban J connectivity index is 1.55. The number of carbonyl (C=O) groups excluding carboxylic acids is 1. The number of aromatic nitrogens is 2. The number of benzene rings is 3. The quantitative estimate of drug-likeness (QED) is 0.149. The number of carbonyl (C=O) groups is 1. The van der Waals surface area contributed by atoms with Crippen LogP contribution in [0.5, 0.6) is 5.75 Å². The summed E-state index contributed by atoms with van der Waals surface area (Å²) in [6.45, 7) is 0. The first-order chi connectivity index (χ1) is 16.5. The molecule has 1 heterocycles. The summed E-state index contributed by atoms with van der Waals surface area (Å²) in [5, 5.41) is 5.45. The molecule has 3 aromatic carbocycles. The predicted octanol–water partition coefficient (Wildman–Crippen LogP) is 5.05. The minimum absolute atomic E-state index is 0.00529. The van der Waals surface area contributed by atoms with Crippen LogP contribution in [0, 0.1) is 0 Å². The van der Waals surface area contributed by atoms with Gasteiger partial charge in [-0.1, -0.05) is 51.4 Å². The molecule has 0 spiro atoms. The number of hydrogen-bond donors (Lipinski definition) is 1. The molecule has 0 bridgehead atoms. The van der Waals surface area contributed by atoms with Gasteiger partial charge in [0, 0.05) is 15.1 Å². The Bertz CT molecular complexity index is 1440. The highest BCUT2D eigenvalue weighted by atomic mass is 79.9. The molecular weight excluding hydrogens is 540 g/mol. The van der Waals surface area contributed by atoms with Crippen LogP contribution in [0.2, 0.25) is 5.02 Å². The Hall–Kier alpha value is -3.14. The van der Waals surface area contributed by atoms with Gasteiger partial charge < -0.3 is 4.74 Å². The van der Waals surface area contributed by atoms with E-state index in [1.807, 2.05) is 18.2 Å². The highest BCUT2D eigenvalue weighted by Crippen LogP contribution is 2.23. The van der Waals surface area contributed by atoms with Gasteiger partial charge in [0.1, 0.15) is 5.75 Å². The van der Waals surface area contributed by atoms with Gasteiger partial charge in [-0.3, -0.25) is 14.2 Å². The van der Waals surface area contributed by atoms with Gasteiger partial charge >= 0.3 is 0 Å². The van der Waals surface area contributed by atoms with Gasteiger partial charge in [-0.15, -0.1) is 0 Å². The van der Waals surface area contributed by atoms with Crippen molar-refractivity contribution in [3.05, 3.63) is 92.1 Å². The second-order valence-corrected chi connectivity index (χ2v) is 9.29. The first kappa shape index (κ1) is 24.0. The maximum absolute atomic E-state index is 13.2. The van der Waals surface area contributed by atoms with E-state index in [9.17, 15) is 9.59 Å². The van der Waals surface area contributed by atoms with Gasteiger partial charge in [0.2, 0.25) is 0 Å². The molecule has 0 fully saturated rings. The van der Waals surface area contributed by atoms with Crippen LogP contribution in [-0.2, 0) is 4.79 Å². The number of hydrazone groups is 1. The molecular formula is C24H18BrClN4O3S. The number of nitrogens with one attached hydrogen (secondary N) is 1. The van der Waals surface area contributed by atoms with E-state index in [1.165, 1.54) is 10.8 Å². The lowest BCUT2D eigenvalue weighted by Crippen LogP contribution is -2.24. The number of thioether (sulfide) groups is 1. The highest BCUT2D eigenvalue weighted by molar-refractivity contribution is 9.10. The largest absolute Gasteiger partial charge is 0.496 e. The topological polar surface area (TPSA) is 85.6 Å². The molecule has 4 aromatic rings. The van der Waals surface area contributed by atoms with Crippen molar-refractivity contribution in [1.29, 1.82) is 0 Å². The van der Waals surface area contributed by atoms with E-state index < -0.39 is 0 Å².